The molecular formula is C15H17F4N5. The number of nitrogens with two attached hydrogens (primary N) is 1. The van der Waals surface area contributed by atoms with Crippen LogP contribution >= 0.6 is 0 Å². The van der Waals surface area contributed by atoms with E-state index < -0.39 is 11.9 Å². The van der Waals surface area contributed by atoms with E-state index >= 15 is 0 Å². The number of aromatic nitrogens is 2. The fourth-order valence-electron chi connectivity index (χ4n) is 2.94. The van der Waals surface area contributed by atoms with E-state index in [1.165, 1.54) is 23.9 Å². The largest absolute Gasteiger partial charge is 0.437 e. The van der Waals surface area contributed by atoms with Gasteiger partial charge >= 0.3 is 6.18 Å². The Kier molecular flexibility index (Phi) is 4.02. The second-order valence-electron chi connectivity index (χ2n) is 5.66. The number of hydrogen-bond donors (Lipinski definition) is 1. The number of rotatable bonds is 2. The molecule has 1 aliphatic rings. The van der Waals surface area contributed by atoms with Gasteiger partial charge in [-0.2, -0.15) is 18.3 Å². The van der Waals surface area contributed by atoms with E-state index in [2.05, 4.69) is 5.10 Å². The first-order chi connectivity index (χ1) is 11.3. The summed E-state index contributed by atoms with van der Waals surface area (Å²) < 4.78 is 52.9. The van der Waals surface area contributed by atoms with Crippen LogP contribution in [0.5, 0.6) is 0 Å². The van der Waals surface area contributed by atoms with Gasteiger partial charge in [-0.25, -0.2) is 4.39 Å². The molecule has 1 aliphatic heterocycles. The summed E-state index contributed by atoms with van der Waals surface area (Å²) in [4.78, 5) is 3.84. The van der Waals surface area contributed by atoms with E-state index in [1.807, 2.05) is 4.90 Å². The Balaban J connectivity index is 1.75. The molecule has 0 radical (unpaired) electrons. The highest BCUT2D eigenvalue weighted by Gasteiger charge is 2.39. The summed E-state index contributed by atoms with van der Waals surface area (Å²) in [6, 6.07) is 6.14. The van der Waals surface area contributed by atoms with Crippen LogP contribution in [0.4, 0.5) is 34.8 Å². The summed E-state index contributed by atoms with van der Waals surface area (Å²) in [7, 11) is 1.45. The smallest absolute Gasteiger partial charge is 0.394 e. The highest BCUT2D eigenvalue weighted by atomic mass is 19.4. The van der Waals surface area contributed by atoms with Crippen molar-refractivity contribution in [3.63, 3.8) is 0 Å². The molecular weight excluding hydrogens is 326 g/mol. The van der Waals surface area contributed by atoms with Crippen molar-refractivity contribution in [3.8, 4) is 0 Å². The number of anilines is 3. The fourth-order valence-corrected chi connectivity index (χ4v) is 2.94. The van der Waals surface area contributed by atoms with Gasteiger partial charge < -0.3 is 15.5 Å². The highest BCUT2D eigenvalue weighted by Crippen LogP contribution is 2.37. The van der Waals surface area contributed by atoms with E-state index in [4.69, 9.17) is 5.73 Å². The Morgan fingerprint density at radius 3 is 2.04 bits per heavy atom. The van der Waals surface area contributed by atoms with Gasteiger partial charge in [-0.3, -0.25) is 4.68 Å². The first kappa shape index (κ1) is 16.4. The van der Waals surface area contributed by atoms with E-state index in [0.717, 1.165) is 5.69 Å². The Hall–Kier alpha value is -2.45. The summed E-state index contributed by atoms with van der Waals surface area (Å²) >= 11 is 0. The molecule has 1 fully saturated rings. The number of alkyl halides is 3. The lowest BCUT2D eigenvalue weighted by molar-refractivity contribution is -0.140. The molecule has 0 aliphatic carbocycles. The molecule has 5 nitrogen and oxygen atoms in total. The van der Waals surface area contributed by atoms with Crippen LogP contribution in [0, 0.1) is 5.82 Å². The fraction of sp³-hybridized carbons (Fsp3) is 0.400. The topological polar surface area (TPSA) is 50.3 Å². The molecule has 2 heterocycles. The van der Waals surface area contributed by atoms with Crippen LogP contribution in [0.1, 0.15) is 5.69 Å². The minimum absolute atomic E-state index is 0.279. The van der Waals surface area contributed by atoms with Crippen LogP contribution in [0.15, 0.2) is 24.3 Å². The third kappa shape index (κ3) is 2.98. The van der Waals surface area contributed by atoms with Crippen LogP contribution < -0.4 is 15.5 Å². The Bertz CT molecular complexity index is 715. The van der Waals surface area contributed by atoms with Gasteiger partial charge in [-0.15, -0.1) is 0 Å². The molecule has 0 unspecified atom stereocenters. The van der Waals surface area contributed by atoms with E-state index in [-0.39, 0.29) is 17.3 Å². The highest BCUT2D eigenvalue weighted by molar-refractivity contribution is 5.67. The molecule has 2 aromatic rings. The molecule has 1 aromatic carbocycles. The SMILES string of the molecule is Cn1nc(C(F)(F)F)c(N)c1N1CCN(c2ccc(F)cc2)CC1. The van der Waals surface area contributed by atoms with Crippen LogP contribution in [0.2, 0.25) is 0 Å². The maximum atomic E-state index is 13.0. The molecule has 130 valence electrons. The molecule has 1 aromatic heterocycles. The lowest BCUT2D eigenvalue weighted by Crippen LogP contribution is -2.47. The minimum atomic E-state index is -4.57. The van der Waals surface area contributed by atoms with Gasteiger partial charge in [0.1, 0.15) is 11.5 Å². The van der Waals surface area contributed by atoms with Crippen molar-refractivity contribution >= 4 is 17.2 Å². The summed E-state index contributed by atoms with van der Waals surface area (Å²) in [5.74, 6) is -0.0270. The zero-order valence-electron chi connectivity index (χ0n) is 13.0. The van der Waals surface area contributed by atoms with Crippen molar-refractivity contribution in [3.05, 3.63) is 35.8 Å². The van der Waals surface area contributed by atoms with Crippen molar-refractivity contribution in [1.29, 1.82) is 0 Å². The molecule has 0 amide bonds. The zero-order chi connectivity index (χ0) is 17.5. The van der Waals surface area contributed by atoms with Crippen molar-refractivity contribution in [2.24, 2.45) is 7.05 Å². The van der Waals surface area contributed by atoms with E-state index in [9.17, 15) is 17.6 Å². The van der Waals surface area contributed by atoms with Gasteiger partial charge in [0.05, 0.1) is 0 Å². The number of benzene rings is 1. The molecule has 1 saturated heterocycles. The third-order valence-electron chi connectivity index (χ3n) is 4.09. The molecule has 0 spiro atoms. The predicted octanol–water partition coefficient (Wildman–Crippen LogP) is 2.49. The number of halogens is 4. The van der Waals surface area contributed by atoms with Crippen LogP contribution in [0.25, 0.3) is 0 Å². The first-order valence-corrected chi connectivity index (χ1v) is 7.42. The molecule has 0 bridgehead atoms. The maximum absolute atomic E-state index is 13.0. The van der Waals surface area contributed by atoms with Gasteiger partial charge in [0.2, 0.25) is 0 Å². The predicted molar refractivity (Wildman–Crippen MR) is 83.4 cm³/mol. The molecule has 9 heteroatoms. The van der Waals surface area contributed by atoms with Crippen molar-refractivity contribution < 1.29 is 17.6 Å². The average Bonchev–Trinajstić information content (AvgIpc) is 2.83. The van der Waals surface area contributed by atoms with Crippen LogP contribution in [0.3, 0.4) is 0 Å². The molecule has 24 heavy (non-hydrogen) atoms. The molecule has 2 N–H and O–H groups in total. The van der Waals surface area contributed by atoms with Crippen LogP contribution in [-0.4, -0.2) is 36.0 Å². The van der Waals surface area contributed by atoms with Gasteiger partial charge in [0.25, 0.3) is 0 Å². The monoisotopic (exact) mass is 343 g/mol. The van der Waals surface area contributed by atoms with E-state index in [0.29, 0.717) is 26.2 Å². The maximum Gasteiger partial charge on any atom is 0.437 e. The van der Waals surface area contributed by atoms with Gasteiger partial charge in [0.15, 0.2) is 11.5 Å². The van der Waals surface area contributed by atoms with E-state index in [1.54, 1.807) is 17.0 Å². The zero-order valence-corrected chi connectivity index (χ0v) is 13.0. The van der Waals surface area contributed by atoms with Gasteiger partial charge in [-0.1, -0.05) is 0 Å². The minimum Gasteiger partial charge on any atom is -0.394 e. The number of aryl methyl sites for hydroxylation is 1. The molecule has 0 atom stereocenters. The number of piperazine rings is 1. The Morgan fingerprint density at radius 2 is 1.54 bits per heavy atom. The normalized spacial score (nSPS) is 15.9. The standard InChI is InChI=1S/C15H17F4N5/c1-22-14(12(20)13(21-22)15(17,18)19)24-8-6-23(7-9-24)11-4-2-10(16)3-5-11/h2-5H,6-9,20H2,1H3. The quantitative estimate of drug-likeness (QED) is 0.852. The number of nitrogens with zero attached hydrogens (tertiary/aromatic N) is 4. The summed E-state index contributed by atoms with van der Waals surface area (Å²) in [5.41, 5.74) is 5.16. The first-order valence-electron chi connectivity index (χ1n) is 7.42. The summed E-state index contributed by atoms with van der Waals surface area (Å²) in [5, 5.41) is 3.51. The Morgan fingerprint density at radius 1 is 1.00 bits per heavy atom. The second kappa shape index (κ2) is 5.88. The molecule has 0 saturated carbocycles. The summed E-state index contributed by atoms with van der Waals surface area (Å²) in [6.45, 7) is 2.19. The van der Waals surface area contributed by atoms with Crippen LogP contribution in [-0.2, 0) is 13.2 Å². The average molecular weight is 343 g/mol. The molecule has 3 rings (SSSR count). The van der Waals surface area contributed by atoms with Gasteiger partial charge in [-0.05, 0) is 24.3 Å². The number of nitrogen functional groups attached to an aromatic ring is 1. The lowest BCUT2D eigenvalue weighted by atomic mass is 10.2. The van der Waals surface area contributed by atoms with Gasteiger partial charge in [0, 0.05) is 38.9 Å². The Labute approximate surface area is 136 Å². The second-order valence-corrected chi connectivity index (χ2v) is 5.66. The van der Waals surface area contributed by atoms with Crippen molar-refractivity contribution in [2.45, 2.75) is 6.18 Å². The number of hydrogen-bond acceptors (Lipinski definition) is 4. The lowest BCUT2D eigenvalue weighted by Gasteiger charge is -2.37. The third-order valence-corrected chi connectivity index (χ3v) is 4.09. The van der Waals surface area contributed by atoms with Crippen molar-refractivity contribution in [1.82, 2.24) is 9.78 Å². The summed E-state index contributed by atoms with van der Waals surface area (Å²) in [6.07, 6.45) is -4.57. The van der Waals surface area contributed by atoms with Crippen molar-refractivity contribution in [2.75, 3.05) is 41.7 Å².